The van der Waals surface area contributed by atoms with Gasteiger partial charge in [-0.25, -0.2) is 0 Å². The minimum Gasteiger partial charge on any atom is -0.534 e. The van der Waals surface area contributed by atoms with Crippen molar-refractivity contribution in [3.05, 3.63) is 58.4 Å². The summed E-state index contributed by atoms with van der Waals surface area (Å²) in [5.41, 5.74) is 14.4. The van der Waals surface area contributed by atoms with Gasteiger partial charge in [-0.15, -0.1) is 0 Å². The number of Topliss-reactive ketones (excluding diaryl/α,β-unsaturated/α-hetero) is 1. The molecule has 1 saturated carbocycles. The average molecular weight is 408 g/mol. The third-order valence-corrected chi connectivity index (χ3v) is 6.03. The normalized spacial score (nSPS) is 18.9. The van der Waals surface area contributed by atoms with E-state index in [0.717, 1.165) is 22.4 Å². The Kier molecular flexibility index (Phi) is 5.35. The number of nitrogens with zero attached hydrogens (tertiary/aromatic N) is 1. The van der Waals surface area contributed by atoms with Crippen LogP contribution in [0.15, 0.2) is 30.5 Å². The molecule has 1 fully saturated rings. The van der Waals surface area contributed by atoms with Crippen molar-refractivity contribution >= 4 is 18.8 Å². The highest BCUT2D eigenvalue weighted by molar-refractivity contribution is 6.47. The molecule has 1 aromatic heterocycles. The molecule has 0 spiro atoms. The van der Waals surface area contributed by atoms with Crippen molar-refractivity contribution in [2.45, 2.75) is 50.6 Å². The Labute approximate surface area is 175 Å². The molecule has 2 aliphatic rings. The number of fused-ring (bicyclic) bond motifs is 1. The fourth-order valence-electron chi connectivity index (χ4n) is 4.06. The molecule has 0 unspecified atom stereocenters. The van der Waals surface area contributed by atoms with Gasteiger partial charge >= 0.3 is 7.12 Å². The maximum Gasteiger partial charge on any atom is 0.547 e. The van der Waals surface area contributed by atoms with Crippen LogP contribution in [0.25, 0.3) is 0 Å². The van der Waals surface area contributed by atoms with E-state index in [2.05, 4.69) is 10.3 Å². The molecule has 1 aromatic carbocycles. The summed E-state index contributed by atoms with van der Waals surface area (Å²) in [6, 6.07) is 7.18. The number of hydrogen-bond acceptors (Lipinski definition) is 7. The minimum absolute atomic E-state index is 0.136. The number of para-hydroxylation sites is 1. The third-order valence-electron chi connectivity index (χ3n) is 6.03. The van der Waals surface area contributed by atoms with Gasteiger partial charge in [0.1, 0.15) is 5.75 Å². The monoisotopic (exact) mass is 408 g/mol. The predicted molar refractivity (Wildman–Crippen MR) is 112 cm³/mol. The predicted octanol–water partition coefficient (Wildman–Crippen LogP) is 0.373. The summed E-state index contributed by atoms with van der Waals surface area (Å²) in [7, 11) is -1.24. The Morgan fingerprint density at radius 1 is 1.33 bits per heavy atom. The van der Waals surface area contributed by atoms with E-state index in [1.165, 1.54) is 6.92 Å². The molecular formula is C21H25BN4O4. The number of aromatic nitrogens is 1. The third kappa shape index (κ3) is 3.49. The van der Waals surface area contributed by atoms with Gasteiger partial charge in [0.15, 0.2) is 5.78 Å². The molecule has 4 rings (SSSR count). The second-order valence-electron chi connectivity index (χ2n) is 7.96. The van der Waals surface area contributed by atoms with Crippen molar-refractivity contribution in [1.29, 1.82) is 0 Å². The first kappa shape index (κ1) is 20.5. The van der Waals surface area contributed by atoms with E-state index in [1.54, 1.807) is 18.3 Å². The Morgan fingerprint density at radius 3 is 2.73 bits per heavy atom. The summed E-state index contributed by atoms with van der Waals surface area (Å²) in [6.45, 7) is 2.05. The van der Waals surface area contributed by atoms with Gasteiger partial charge in [-0.2, -0.15) is 0 Å². The number of pyridine rings is 1. The lowest BCUT2D eigenvalue weighted by Crippen LogP contribution is -2.55. The SMILES string of the molecule is CC(=O)c1cccc2c1OB(O)[C@@H](NC(=O)C1(c3cnc(CN)c(CN)c3)CC1)C2. The number of hydrogen-bond donors (Lipinski definition) is 4. The molecule has 0 radical (unpaired) electrons. The van der Waals surface area contributed by atoms with Crippen molar-refractivity contribution in [2.75, 3.05) is 0 Å². The number of amides is 1. The minimum atomic E-state index is -1.24. The molecule has 6 N–H and O–H groups in total. The van der Waals surface area contributed by atoms with E-state index in [9.17, 15) is 14.6 Å². The number of carbonyl (C=O) groups is 2. The van der Waals surface area contributed by atoms with Crippen molar-refractivity contribution in [1.82, 2.24) is 10.3 Å². The lowest BCUT2D eigenvalue weighted by molar-refractivity contribution is -0.124. The van der Waals surface area contributed by atoms with E-state index < -0.39 is 18.5 Å². The van der Waals surface area contributed by atoms with Crippen LogP contribution in [0.3, 0.4) is 0 Å². The number of carbonyl (C=O) groups excluding carboxylic acids is 2. The second kappa shape index (κ2) is 7.83. The van der Waals surface area contributed by atoms with E-state index in [-0.39, 0.29) is 11.7 Å². The van der Waals surface area contributed by atoms with Crippen LogP contribution >= 0.6 is 0 Å². The molecule has 0 bridgehead atoms. The summed E-state index contributed by atoms with van der Waals surface area (Å²) in [6.07, 6.45) is 3.45. The van der Waals surface area contributed by atoms with Gasteiger partial charge < -0.3 is 26.5 Å². The van der Waals surface area contributed by atoms with E-state index >= 15 is 0 Å². The van der Waals surface area contributed by atoms with Crippen molar-refractivity contribution < 1.29 is 19.3 Å². The molecule has 2 heterocycles. The standard InChI is InChI=1S/C21H25BN4O4/c1-12(27)16-4-2-3-13-8-18(22(29)30-19(13)16)26-20(28)21(5-6-21)15-7-14(9-23)17(10-24)25-11-15/h2-4,7,11,18,29H,5-6,8-10,23-24H2,1H3,(H,26,28)/t18-/m0/s1. The maximum atomic E-state index is 13.2. The smallest absolute Gasteiger partial charge is 0.534 e. The topological polar surface area (TPSA) is 141 Å². The van der Waals surface area contributed by atoms with Crippen LogP contribution in [0.4, 0.5) is 0 Å². The Hall–Kier alpha value is -2.75. The van der Waals surface area contributed by atoms with Crippen LogP contribution in [0, 0.1) is 0 Å². The van der Waals surface area contributed by atoms with Crippen molar-refractivity contribution in [3.63, 3.8) is 0 Å². The summed E-state index contributed by atoms with van der Waals surface area (Å²) < 4.78 is 5.62. The molecule has 1 atom stereocenters. The lowest BCUT2D eigenvalue weighted by atomic mass is 9.71. The van der Waals surface area contributed by atoms with Gasteiger partial charge in [-0.3, -0.25) is 14.6 Å². The molecular weight excluding hydrogens is 383 g/mol. The van der Waals surface area contributed by atoms with Crippen LogP contribution in [-0.2, 0) is 29.7 Å². The van der Waals surface area contributed by atoms with Gasteiger partial charge in [0.25, 0.3) is 0 Å². The number of nitrogens with two attached hydrogens (primary N) is 2. The van der Waals surface area contributed by atoms with E-state index in [0.29, 0.717) is 43.7 Å². The molecule has 1 aliphatic carbocycles. The Balaban J connectivity index is 1.54. The average Bonchev–Trinajstić information content (AvgIpc) is 3.55. The van der Waals surface area contributed by atoms with Gasteiger partial charge in [0, 0.05) is 19.3 Å². The van der Waals surface area contributed by atoms with Gasteiger partial charge in [-0.05, 0) is 48.9 Å². The first-order valence-electron chi connectivity index (χ1n) is 10.1. The summed E-state index contributed by atoms with van der Waals surface area (Å²) >= 11 is 0. The zero-order chi connectivity index (χ0) is 21.5. The quantitative estimate of drug-likeness (QED) is 0.400. The number of benzene rings is 1. The second-order valence-corrected chi connectivity index (χ2v) is 7.96. The van der Waals surface area contributed by atoms with Crippen molar-refractivity contribution in [2.24, 2.45) is 11.5 Å². The van der Waals surface area contributed by atoms with E-state index in [4.69, 9.17) is 16.1 Å². The number of ketones is 1. The van der Waals surface area contributed by atoms with Crippen LogP contribution in [-0.4, -0.2) is 34.8 Å². The molecule has 2 aromatic rings. The number of rotatable bonds is 6. The van der Waals surface area contributed by atoms with Gasteiger partial charge in [0.05, 0.1) is 22.6 Å². The Bertz CT molecular complexity index is 1010. The largest absolute Gasteiger partial charge is 0.547 e. The Morgan fingerprint density at radius 2 is 2.10 bits per heavy atom. The zero-order valence-electron chi connectivity index (χ0n) is 16.9. The number of nitrogens with one attached hydrogen (secondary N) is 1. The first-order valence-corrected chi connectivity index (χ1v) is 10.1. The highest BCUT2D eigenvalue weighted by Gasteiger charge is 2.53. The van der Waals surface area contributed by atoms with Crippen LogP contribution in [0.2, 0.25) is 0 Å². The van der Waals surface area contributed by atoms with Gasteiger partial charge in [-0.1, -0.05) is 18.2 Å². The molecule has 30 heavy (non-hydrogen) atoms. The highest BCUT2D eigenvalue weighted by atomic mass is 16.5. The first-order chi connectivity index (χ1) is 14.4. The van der Waals surface area contributed by atoms with Crippen molar-refractivity contribution in [3.8, 4) is 5.75 Å². The highest BCUT2D eigenvalue weighted by Crippen LogP contribution is 2.48. The van der Waals surface area contributed by atoms with E-state index in [1.807, 2.05) is 12.1 Å². The van der Waals surface area contributed by atoms with Crippen LogP contribution in [0.1, 0.15) is 52.5 Å². The fraction of sp³-hybridized carbons (Fsp3) is 0.381. The van der Waals surface area contributed by atoms with Crippen LogP contribution < -0.4 is 21.4 Å². The summed E-state index contributed by atoms with van der Waals surface area (Å²) in [5.74, 6) is -0.539. The zero-order valence-corrected chi connectivity index (χ0v) is 16.9. The fourth-order valence-corrected chi connectivity index (χ4v) is 4.06. The molecule has 9 heteroatoms. The lowest BCUT2D eigenvalue weighted by Gasteiger charge is -2.30. The summed E-state index contributed by atoms with van der Waals surface area (Å²) in [4.78, 5) is 29.4. The maximum absolute atomic E-state index is 13.2. The molecule has 0 saturated heterocycles. The van der Waals surface area contributed by atoms with Crippen LogP contribution in [0.5, 0.6) is 5.75 Å². The molecule has 1 amide bonds. The molecule has 156 valence electrons. The summed E-state index contributed by atoms with van der Waals surface area (Å²) in [5, 5.41) is 13.4. The van der Waals surface area contributed by atoms with Gasteiger partial charge in [0.2, 0.25) is 5.91 Å². The molecule has 8 nitrogen and oxygen atoms in total. The molecule has 1 aliphatic heterocycles.